The van der Waals surface area contributed by atoms with Crippen LogP contribution in [0.1, 0.15) is 16.7 Å². The minimum atomic E-state index is -3.58. The van der Waals surface area contributed by atoms with Gasteiger partial charge < -0.3 is 9.64 Å². The van der Waals surface area contributed by atoms with Gasteiger partial charge in [0.2, 0.25) is 5.88 Å². The highest BCUT2D eigenvalue weighted by atomic mass is 32.2. The van der Waals surface area contributed by atoms with Gasteiger partial charge in [0.15, 0.2) is 0 Å². The predicted octanol–water partition coefficient (Wildman–Crippen LogP) is 3.18. The SMILES string of the molecule is COc1ccc(-c2cc(C)c3ncnc(N4CCc5ccc(NS(=O)(=O)N(C)C)cc5C4)c3c2)nn1. The third-order valence-corrected chi connectivity index (χ3v) is 7.75. The molecular weight excluding hydrogens is 478 g/mol. The number of nitrogens with zero attached hydrogens (tertiary/aromatic N) is 6. The van der Waals surface area contributed by atoms with Crippen molar-refractivity contribution in [2.45, 2.75) is 19.9 Å². The quantitative estimate of drug-likeness (QED) is 0.425. The lowest BCUT2D eigenvalue weighted by atomic mass is 9.98. The summed E-state index contributed by atoms with van der Waals surface area (Å²) in [6.45, 7) is 3.41. The molecule has 0 unspecified atom stereocenters. The first-order chi connectivity index (χ1) is 17.2. The summed E-state index contributed by atoms with van der Waals surface area (Å²) in [6, 6.07) is 13.5. The number of aryl methyl sites for hydroxylation is 1. The first-order valence-electron chi connectivity index (χ1n) is 11.5. The third kappa shape index (κ3) is 4.54. The number of anilines is 2. The molecule has 0 spiro atoms. The van der Waals surface area contributed by atoms with Crippen LogP contribution in [0.25, 0.3) is 22.2 Å². The summed E-state index contributed by atoms with van der Waals surface area (Å²) in [5, 5.41) is 9.33. The van der Waals surface area contributed by atoms with Gasteiger partial charge in [0, 0.05) is 44.2 Å². The lowest BCUT2D eigenvalue weighted by Gasteiger charge is -2.31. The Balaban J connectivity index is 1.51. The molecular formula is C25H27N7O3S. The fourth-order valence-corrected chi connectivity index (χ4v) is 4.96. The average Bonchev–Trinajstić information content (AvgIpc) is 2.87. The average molecular weight is 506 g/mol. The van der Waals surface area contributed by atoms with Crippen molar-refractivity contribution in [1.82, 2.24) is 24.5 Å². The molecule has 1 N–H and O–H groups in total. The second-order valence-electron chi connectivity index (χ2n) is 8.89. The minimum Gasteiger partial charge on any atom is -0.480 e. The molecule has 1 aliphatic heterocycles. The molecule has 0 fully saturated rings. The van der Waals surface area contributed by atoms with Crippen molar-refractivity contribution in [3.05, 3.63) is 65.5 Å². The highest BCUT2D eigenvalue weighted by Crippen LogP contribution is 2.33. The van der Waals surface area contributed by atoms with Crippen LogP contribution in [0.4, 0.5) is 11.5 Å². The Bertz CT molecular complexity index is 1540. The molecule has 5 rings (SSSR count). The number of methoxy groups -OCH3 is 1. The molecule has 10 nitrogen and oxygen atoms in total. The van der Waals surface area contributed by atoms with Crippen LogP contribution in [0.15, 0.2) is 48.8 Å². The molecule has 36 heavy (non-hydrogen) atoms. The van der Waals surface area contributed by atoms with E-state index in [1.165, 1.54) is 19.7 Å². The summed E-state index contributed by atoms with van der Waals surface area (Å²) in [5.41, 5.74) is 6.34. The van der Waals surface area contributed by atoms with E-state index >= 15 is 0 Å². The van der Waals surface area contributed by atoms with E-state index in [2.05, 4.69) is 29.8 Å². The lowest BCUT2D eigenvalue weighted by molar-refractivity contribution is 0.392. The molecule has 2 aromatic carbocycles. The fourth-order valence-electron chi connectivity index (χ4n) is 4.36. The second kappa shape index (κ2) is 9.32. The third-order valence-electron chi connectivity index (χ3n) is 6.30. The first-order valence-corrected chi connectivity index (χ1v) is 12.9. The standard InChI is InChI=1S/C25H27N7O3S/c1-16-11-18(22-7-8-23(35-4)29-28-22)13-21-24(16)26-15-27-25(21)32-10-9-17-5-6-20(12-19(17)14-32)30-36(33,34)31(2)3/h5-8,11-13,15,30H,9-10,14H2,1-4H3. The Morgan fingerprint density at radius 3 is 2.58 bits per heavy atom. The maximum absolute atomic E-state index is 12.3. The smallest absolute Gasteiger partial charge is 0.301 e. The van der Waals surface area contributed by atoms with Gasteiger partial charge in [0.1, 0.15) is 12.1 Å². The summed E-state index contributed by atoms with van der Waals surface area (Å²) in [5.74, 6) is 1.29. The normalized spacial score (nSPS) is 13.6. The largest absolute Gasteiger partial charge is 0.480 e. The first kappa shape index (κ1) is 23.9. The molecule has 4 aromatic rings. The maximum Gasteiger partial charge on any atom is 0.301 e. The van der Waals surface area contributed by atoms with Gasteiger partial charge in [0.05, 0.1) is 24.0 Å². The van der Waals surface area contributed by atoms with E-state index in [0.717, 1.165) is 56.4 Å². The van der Waals surface area contributed by atoms with Gasteiger partial charge in [-0.2, -0.15) is 12.7 Å². The summed E-state index contributed by atoms with van der Waals surface area (Å²) in [6.07, 6.45) is 2.42. The summed E-state index contributed by atoms with van der Waals surface area (Å²) in [7, 11) is 0.970. The van der Waals surface area contributed by atoms with E-state index in [-0.39, 0.29) is 0 Å². The predicted molar refractivity (Wildman–Crippen MR) is 139 cm³/mol. The van der Waals surface area contributed by atoms with Crippen molar-refractivity contribution in [2.24, 2.45) is 0 Å². The number of fused-ring (bicyclic) bond motifs is 2. The van der Waals surface area contributed by atoms with E-state index in [1.807, 2.05) is 37.3 Å². The van der Waals surface area contributed by atoms with E-state index in [0.29, 0.717) is 18.1 Å². The van der Waals surface area contributed by atoms with Crippen molar-refractivity contribution in [1.29, 1.82) is 0 Å². The van der Waals surface area contributed by atoms with Crippen molar-refractivity contribution in [2.75, 3.05) is 37.4 Å². The van der Waals surface area contributed by atoms with Gasteiger partial charge in [0.25, 0.3) is 0 Å². The number of ether oxygens (including phenoxy) is 1. The van der Waals surface area contributed by atoms with Gasteiger partial charge >= 0.3 is 10.2 Å². The van der Waals surface area contributed by atoms with Crippen LogP contribution >= 0.6 is 0 Å². The van der Waals surface area contributed by atoms with E-state index < -0.39 is 10.2 Å². The van der Waals surface area contributed by atoms with Gasteiger partial charge in [-0.3, -0.25) is 4.72 Å². The van der Waals surface area contributed by atoms with Gasteiger partial charge in [-0.1, -0.05) is 6.07 Å². The zero-order valence-electron chi connectivity index (χ0n) is 20.6. The van der Waals surface area contributed by atoms with Crippen molar-refractivity contribution >= 4 is 32.6 Å². The summed E-state index contributed by atoms with van der Waals surface area (Å²) < 4.78 is 33.5. The van der Waals surface area contributed by atoms with Crippen molar-refractivity contribution in [3.8, 4) is 17.1 Å². The molecule has 1 aliphatic rings. The monoisotopic (exact) mass is 505 g/mol. The van der Waals surface area contributed by atoms with Gasteiger partial charge in [-0.05, 0) is 60.4 Å². The number of hydrogen-bond donors (Lipinski definition) is 1. The van der Waals surface area contributed by atoms with Crippen LogP contribution in [0.5, 0.6) is 5.88 Å². The Kier molecular flexibility index (Phi) is 6.19. The molecule has 3 heterocycles. The number of nitrogens with one attached hydrogen (secondary N) is 1. The molecule has 186 valence electrons. The number of rotatable bonds is 6. The molecule has 0 atom stereocenters. The van der Waals surface area contributed by atoms with E-state index in [9.17, 15) is 8.42 Å². The maximum atomic E-state index is 12.3. The molecule has 0 radical (unpaired) electrons. The van der Waals surface area contributed by atoms with Crippen LogP contribution in [0.2, 0.25) is 0 Å². The number of benzene rings is 2. The van der Waals surface area contributed by atoms with Crippen LogP contribution in [0.3, 0.4) is 0 Å². The Hall–Kier alpha value is -3.83. The van der Waals surface area contributed by atoms with Crippen LogP contribution in [0, 0.1) is 6.92 Å². The van der Waals surface area contributed by atoms with Gasteiger partial charge in [-0.15, -0.1) is 10.2 Å². The zero-order valence-corrected chi connectivity index (χ0v) is 21.4. The number of aromatic nitrogens is 4. The molecule has 0 amide bonds. The van der Waals surface area contributed by atoms with Crippen LogP contribution in [-0.2, 0) is 23.2 Å². The summed E-state index contributed by atoms with van der Waals surface area (Å²) in [4.78, 5) is 11.4. The number of hydrogen-bond acceptors (Lipinski definition) is 8. The Labute approximate surface area is 210 Å². The van der Waals surface area contributed by atoms with E-state index in [4.69, 9.17) is 4.74 Å². The molecule has 0 bridgehead atoms. The topological polar surface area (TPSA) is 113 Å². The Morgan fingerprint density at radius 1 is 1.03 bits per heavy atom. The zero-order chi connectivity index (χ0) is 25.4. The highest BCUT2D eigenvalue weighted by molar-refractivity contribution is 7.90. The minimum absolute atomic E-state index is 0.458. The highest BCUT2D eigenvalue weighted by Gasteiger charge is 2.22. The molecule has 11 heteroatoms. The molecule has 0 saturated heterocycles. The Morgan fingerprint density at radius 2 is 1.86 bits per heavy atom. The van der Waals surface area contributed by atoms with Gasteiger partial charge in [-0.25, -0.2) is 9.97 Å². The molecule has 0 saturated carbocycles. The molecule has 0 aliphatic carbocycles. The van der Waals surface area contributed by atoms with E-state index in [1.54, 1.807) is 25.6 Å². The summed E-state index contributed by atoms with van der Waals surface area (Å²) >= 11 is 0. The fraction of sp³-hybridized carbons (Fsp3) is 0.280. The lowest BCUT2D eigenvalue weighted by Crippen LogP contribution is -2.32. The van der Waals surface area contributed by atoms with Crippen LogP contribution in [-0.4, -0.2) is 60.6 Å². The van der Waals surface area contributed by atoms with Crippen molar-refractivity contribution < 1.29 is 13.2 Å². The molecule has 2 aromatic heterocycles. The second-order valence-corrected chi connectivity index (χ2v) is 10.8. The van der Waals surface area contributed by atoms with Crippen molar-refractivity contribution in [3.63, 3.8) is 0 Å². The van der Waals surface area contributed by atoms with Crippen LogP contribution < -0.4 is 14.4 Å².